The van der Waals surface area contributed by atoms with Crippen LogP contribution in [0.15, 0.2) is 24.3 Å². The number of β-amino-alcohol motifs (C(OH)–C–C–N with tert-alkyl or cyclic N) is 1. The van der Waals surface area contributed by atoms with E-state index in [0.717, 1.165) is 43.3 Å². The fourth-order valence-corrected chi connectivity index (χ4v) is 2.97. The summed E-state index contributed by atoms with van der Waals surface area (Å²) in [5.74, 6) is 1.62. The molecule has 1 fully saturated rings. The summed E-state index contributed by atoms with van der Waals surface area (Å²) >= 11 is 0. The molecule has 0 aromatic heterocycles. The minimum atomic E-state index is -0.414. The van der Waals surface area contributed by atoms with Crippen molar-refractivity contribution in [1.82, 2.24) is 4.90 Å². The molecule has 1 aliphatic rings. The van der Waals surface area contributed by atoms with Crippen LogP contribution in [0.1, 0.15) is 45.3 Å². The zero-order valence-corrected chi connectivity index (χ0v) is 12.9. The molecule has 1 aromatic carbocycles. The van der Waals surface area contributed by atoms with Crippen LogP contribution in [0.2, 0.25) is 0 Å². The van der Waals surface area contributed by atoms with Crippen LogP contribution in [0.3, 0.4) is 0 Å². The Hall–Kier alpha value is -1.06. The summed E-state index contributed by atoms with van der Waals surface area (Å²) in [4.78, 5) is 2.39. The van der Waals surface area contributed by atoms with Gasteiger partial charge in [0.2, 0.25) is 0 Å². The van der Waals surface area contributed by atoms with Gasteiger partial charge < -0.3 is 9.84 Å². The van der Waals surface area contributed by atoms with E-state index < -0.39 is 6.10 Å². The zero-order valence-electron chi connectivity index (χ0n) is 12.9. The fourth-order valence-electron chi connectivity index (χ4n) is 2.97. The minimum absolute atomic E-state index is 0.414. The van der Waals surface area contributed by atoms with Crippen molar-refractivity contribution in [2.24, 2.45) is 5.92 Å². The molecule has 0 amide bonds. The van der Waals surface area contributed by atoms with Crippen molar-refractivity contribution in [2.45, 2.75) is 45.8 Å². The third-order valence-electron chi connectivity index (χ3n) is 4.06. The first-order chi connectivity index (χ1) is 9.60. The number of rotatable bonds is 6. The smallest absolute Gasteiger partial charge is 0.119 e. The lowest BCUT2D eigenvalue weighted by atomic mass is 10.1. The van der Waals surface area contributed by atoms with E-state index in [2.05, 4.69) is 25.7 Å². The second-order valence-electron chi connectivity index (χ2n) is 6.08. The number of aliphatic hydroxyl groups is 1. The first-order valence-electron chi connectivity index (χ1n) is 7.75. The van der Waals surface area contributed by atoms with Gasteiger partial charge in [0.25, 0.3) is 0 Å². The third kappa shape index (κ3) is 3.97. The number of likely N-dealkylation sites (tertiary alicyclic amines) is 1. The van der Waals surface area contributed by atoms with Crippen molar-refractivity contribution in [1.29, 1.82) is 0 Å². The Bertz CT molecular complexity index is 404. The molecule has 0 saturated carbocycles. The maximum atomic E-state index is 10.4. The Balaban J connectivity index is 1.90. The molecule has 1 saturated heterocycles. The van der Waals surface area contributed by atoms with Gasteiger partial charge in [-0.05, 0) is 43.4 Å². The van der Waals surface area contributed by atoms with Crippen LogP contribution in [0, 0.1) is 5.92 Å². The van der Waals surface area contributed by atoms with Crippen molar-refractivity contribution in [3.8, 4) is 5.75 Å². The number of hydrogen-bond acceptors (Lipinski definition) is 3. The van der Waals surface area contributed by atoms with Gasteiger partial charge in [0.05, 0.1) is 12.7 Å². The number of aliphatic hydroxyl groups excluding tert-OH is 1. The van der Waals surface area contributed by atoms with E-state index in [1.165, 1.54) is 6.42 Å². The molecule has 0 radical (unpaired) electrons. The van der Waals surface area contributed by atoms with E-state index in [4.69, 9.17) is 4.74 Å². The third-order valence-corrected chi connectivity index (χ3v) is 4.06. The molecular formula is C17H27NO2. The second kappa shape index (κ2) is 7.09. The van der Waals surface area contributed by atoms with Crippen molar-refractivity contribution >= 4 is 0 Å². The SMILES string of the molecule is CCCOc1ccc(C(O)CN2CC(C)CC2C)cc1. The zero-order chi connectivity index (χ0) is 14.5. The van der Waals surface area contributed by atoms with Gasteiger partial charge in [-0.15, -0.1) is 0 Å². The fraction of sp³-hybridized carbons (Fsp3) is 0.647. The lowest BCUT2D eigenvalue weighted by Gasteiger charge is -2.24. The predicted octanol–water partition coefficient (Wildman–Crippen LogP) is 3.24. The quantitative estimate of drug-likeness (QED) is 0.866. The highest BCUT2D eigenvalue weighted by atomic mass is 16.5. The topological polar surface area (TPSA) is 32.7 Å². The van der Waals surface area contributed by atoms with Crippen molar-refractivity contribution in [3.63, 3.8) is 0 Å². The molecular weight excluding hydrogens is 250 g/mol. The molecule has 3 heteroatoms. The van der Waals surface area contributed by atoms with E-state index in [0.29, 0.717) is 6.04 Å². The molecule has 3 unspecified atom stereocenters. The summed E-state index contributed by atoms with van der Waals surface area (Å²) in [5, 5.41) is 10.4. The van der Waals surface area contributed by atoms with Crippen LogP contribution in [0.4, 0.5) is 0 Å². The van der Waals surface area contributed by atoms with Gasteiger partial charge in [-0.2, -0.15) is 0 Å². The number of nitrogens with zero attached hydrogens (tertiary/aromatic N) is 1. The molecule has 20 heavy (non-hydrogen) atoms. The van der Waals surface area contributed by atoms with Crippen LogP contribution in [-0.4, -0.2) is 35.7 Å². The van der Waals surface area contributed by atoms with Gasteiger partial charge in [-0.1, -0.05) is 26.0 Å². The van der Waals surface area contributed by atoms with E-state index in [1.54, 1.807) is 0 Å². The summed E-state index contributed by atoms with van der Waals surface area (Å²) in [7, 11) is 0. The summed E-state index contributed by atoms with van der Waals surface area (Å²) in [5.41, 5.74) is 0.973. The average molecular weight is 277 g/mol. The highest BCUT2D eigenvalue weighted by molar-refractivity contribution is 5.28. The molecule has 1 heterocycles. The van der Waals surface area contributed by atoms with Crippen LogP contribution < -0.4 is 4.74 Å². The van der Waals surface area contributed by atoms with Gasteiger partial charge in [0.15, 0.2) is 0 Å². The highest BCUT2D eigenvalue weighted by Crippen LogP contribution is 2.26. The molecule has 0 spiro atoms. The lowest BCUT2D eigenvalue weighted by Crippen LogP contribution is -2.31. The molecule has 2 rings (SSSR count). The lowest BCUT2D eigenvalue weighted by molar-refractivity contribution is 0.109. The largest absolute Gasteiger partial charge is 0.494 e. The monoisotopic (exact) mass is 277 g/mol. The van der Waals surface area contributed by atoms with Crippen molar-refractivity contribution in [2.75, 3.05) is 19.7 Å². The van der Waals surface area contributed by atoms with Crippen LogP contribution in [-0.2, 0) is 0 Å². The van der Waals surface area contributed by atoms with E-state index in [-0.39, 0.29) is 0 Å². The van der Waals surface area contributed by atoms with Crippen molar-refractivity contribution in [3.05, 3.63) is 29.8 Å². The maximum absolute atomic E-state index is 10.4. The van der Waals surface area contributed by atoms with Gasteiger partial charge >= 0.3 is 0 Å². The molecule has 112 valence electrons. The Morgan fingerprint density at radius 2 is 2.00 bits per heavy atom. The van der Waals surface area contributed by atoms with Gasteiger partial charge in [0, 0.05) is 19.1 Å². The van der Waals surface area contributed by atoms with Crippen molar-refractivity contribution < 1.29 is 9.84 Å². The molecule has 1 aromatic rings. The standard InChI is InChI=1S/C17H27NO2/c1-4-9-20-16-7-5-15(6-8-16)17(19)12-18-11-13(2)10-14(18)3/h5-8,13-14,17,19H,4,9-12H2,1-3H3. The van der Waals surface area contributed by atoms with E-state index >= 15 is 0 Å². The normalized spacial score (nSPS) is 24.8. The Labute approximate surface area is 122 Å². The van der Waals surface area contributed by atoms with Crippen LogP contribution >= 0.6 is 0 Å². The number of ether oxygens (including phenoxy) is 1. The minimum Gasteiger partial charge on any atom is -0.494 e. The number of benzene rings is 1. The predicted molar refractivity (Wildman–Crippen MR) is 82.0 cm³/mol. The Kier molecular flexibility index (Phi) is 5.44. The molecule has 3 atom stereocenters. The summed E-state index contributed by atoms with van der Waals surface area (Å²) < 4.78 is 5.56. The molecule has 1 aliphatic heterocycles. The Morgan fingerprint density at radius 3 is 2.55 bits per heavy atom. The first kappa shape index (κ1) is 15.3. The maximum Gasteiger partial charge on any atom is 0.119 e. The van der Waals surface area contributed by atoms with E-state index in [9.17, 15) is 5.11 Å². The molecule has 0 aliphatic carbocycles. The van der Waals surface area contributed by atoms with E-state index in [1.807, 2.05) is 24.3 Å². The molecule has 1 N–H and O–H groups in total. The van der Waals surface area contributed by atoms with Crippen LogP contribution in [0.25, 0.3) is 0 Å². The summed E-state index contributed by atoms with van der Waals surface area (Å²) in [6.07, 6.45) is 1.83. The van der Waals surface area contributed by atoms with Crippen LogP contribution in [0.5, 0.6) is 5.75 Å². The van der Waals surface area contributed by atoms with Gasteiger partial charge in [0.1, 0.15) is 5.75 Å². The second-order valence-corrected chi connectivity index (χ2v) is 6.08. The average Bonchev–Trinajstić information content (AvgIpc) is 2.75. The Morgan fingerprint density at radius 1 is 1.30 bits per heavy atom. The first-order valence-corrected chi connectivity index (χ1v) is 7.75. The number of hydrogen-bond donors (Lipinski definition) is 1. The van der Waals surface area contributed by atoms with Gasteiger partial charge in [-0.3, -0.25) is 4.90 Å². The summed E-state index contributed by atoms with van der Waals surface area (Å²) in [6.45, 7) is 9.18. The summed E-state index contributed by atoms with van der Waals surface area (Å²) in [6, 6.07) is 8.42. The molecule has 3 nitrogen and oxygen atoms in total. The van der Waals surface area contributed by atoms with Gasteiger partial charge in [-0.25, -0.2) is 0 Å². The highest BCUT2D eigenvalue weighted by Gasteiger charge is 2.27. The molecule has 0 bridgehead atoms.